The van der Waals surface area contributed by atoms with Crippen molar-refractivity contribution < 1.29 is 4.79 Å². The highest BCUT2D eigenvalue weighted by molar-refractivity contribution is 5.92. The molecule has 0 fully saturated rings. The van der Waals surface area contributed by atoms with Gasteiger partial charge in [0.05, 0.1) is 5.69 Å². The Morgan fingerprint density at radius 3 is 2.60 bits per heavy atom. The van der Waals surface area contributed by atoms with Gasteiger partial charge in [-0.2, -0.15) is 5.10 Å². The summed E-state index contributed by atoms with van der Waals surface area (Å²) in [6.45, 7) is 5.90. The summed E-state index contributed by atoms with van der Waals surface area (Å²) >= 11 is 0. The minimum atomic E-state index is -0.427. The molecule has 1 aromatic heterocycles. The number of hydrogen-bond acceptors (Lipinski definition) is 4. The third kappa shape index (κ3) is 3.28. The molecule has 0 unspecified atom stereocenters. The highest BCUT2D eigenvalue weighted by Gasteiger charge is 2.19. The molecule has 3 N–H and O–H groups in total. The highest BCUT2D eigenvalue weighted by atomic mass is 16.2. The first-order valence-electron chi connectivity index (χ1n) is 4.77. The molecule has 0 spiro atoms. The summed E-state index contributed by atoms with van der Waals surface area (Å²) in [5, 5.41) is 10.4. The molecule has 0 aliphatic heterocycles. The topological polar surface area (TPSA) is 80.9 Å². The van der Waals surface area contributed by atoms with E-state index in [9.17, 15) is 4.79 Å². The van der Waals surface area contributed by atoms with Gasteiger partial charge in [0.1, 0.15) is 0 Å². The summed E-state index contributed by atoms with van der Waals surface area (Å²) in [4.78, 5) is 11.7. The van der Waals surface area contributed by atoms with Crippen LogP contribution in [0.1, 0.15) is 30.0 Å². The monoisotopic (exact) mass is 208 g/mol. The van der Waals surface area contributed by atoms with E-state index in [1.165, 1.54) is 0 Å². The van der Waals surface area contributed by atoms with E-state index < -0.39 is 5.54 Å². The zero-order valence-electron chi connectivity index (χ0n) is 9.24. The molecule has 1 aromatic rings. The second-order valence-corrected chi connectivity index (χ2v) is 4.10. The molecule has 15 heavy (non-hydrogen) atoms. The van der Waals surface area contributed by atoms with E-state index in [0.29, 0.717) is 12.2 Å². The summed E-state index contributed by atoms with van der Waals surface area (Å²) in [5.74, 6) is -0.252. The van der Waals surface area contributed by atoms with E-state index in [0.717, 1.165) is 5.69 Å². The van der Waals surface area contributed by atoms with Crippen molar-refractivity contribution in [2.75, 3.05) is 6.54 Å². The van der Waals surface area contributed by atoms with Crippen LogP contribution < -0.4 is 11.1 Å². The van der Waals surface area contributed by atoms with Crippen molar-refractivity contribution in [2.24, 2.45) is 5.73 Å². The average molecular weight is 208 g/mol. The number of hydrogen-bond donors (Lipinski definition) is 2. The van der Waals surface area contributed by atoms with Crippen LogP contribution in [-0.4, -0.2) is 28.2 Å². The highest BCUT2D eigenvalue weighted by Crippen LogP contribution is 2.02. The van der Waals surface area contributed by atoms with Crippen molar-refractivity contribution in [3.63, 3.8) is 0 Å². The largest absolute Gasteiger partial charge is 0.344 e. The molecule has 0 saturated carbocycles. The number of aryl methyl sites for hydroxylation is 1. The molecule has 0 aliphatic carbocycles. The molecule has 0 atom stereocenters. The number of carbonyl (C=O) groups is 1. The van der Waals surface area contributed by atoms with Gasteiger partial charge < -0.3 is 11.1 Å². The zero-order valence-corrected chi connectivity index (χ0v) is 9.24. The van der Waals surface area contributed by atoms with Gasteiger partial charge in [-0.1, -0.05) is 0 Å². The van der Waals surface area contributed by atoms with E-state index >= 15 is 0 Å². The number of nitrogens with two attached hydrogens (primary N) is 1. The third-order valence-electron chi connectivity index (χ3n) is 1.99. The molecule has 0 radical (unpaired) electrons. The van der Waals surface area contributed by atoms with Crippen LogP contribution in [0.5, 0.6) is 0 Å². The molecule has 1 rings (SSSR count). The Bertz CT molecular complexity index is 345. The maximum atomic E-state index is 11.7. The second kappa shape index (κ2) is 4.35. The van der Waals surface area contributed by atoms with Crippen molar-refractivity contribution in [3.8, 4) is 0 Å². The lowest BCUT2D eigenvalue weighted by Gasteiger charge is -2.23. The van der Waals surface area contributed by atoms with Crippen LogP contribution in [0.4, 0.5) is 0 Å². The Morgan fingerprint density at radius 2 is 2.13 bits per heavy atom. The van der Waals surface area contributed by atoms with Crippen molar-refractivity contribution in [1.29, 1.82) is 0 Å². The second-order valence-electron chi connectivity index (χ2n) is 4.10. The first kappa shape index (κ1) is 11.6. The fraction of sp³-hybridized carbons (Fsp3) is 0.500. The Kier molecular flexibility index (Phi) is 3.36. The first-order chi connectivity index (χ1) is 6.94. The van der Waals surface area contributed by atoms with Crippen molar-refractivity contribution in [2.45, 2.75) is 26.3 Å². The molecule has 82 valence electrons. The van der Waals surface area contributed by atoms with Crippen LogP contribution in [0, 0.1) is 6.92 Å². The Balaban J connectivity index is 2.74. The van der Waals surface area contributed by atoms with Gasteiger partial charge in [-0.25, -0.2) is 0 Å². The molecule has 1 amide bonds. The van der Waals surface area contributed by atoms with Gasteiger partial charge in [0, 0.05) is 12.1 Å². The lowest BCUT2D eigenvalue weighted by Crippen LogP contribution is -2.49. The first-order valence-corrected chi connectivity index (χ1v) is 4.77. The van der Waals surface area contributed by atoms with Crippen molar-refractivity contribution in [1.82, 2.24) is 15.5 Å². The van der Waals surface area contributed by atoms with Crippen LogP contribution in [0.2, 0.25) is 0 Å². The van der Waals surface area contributed by atoms with Gasteiger partial charge >= 0.3 is 0 Å². The van der Waals surface area contributed by atoms with Crippen LogP contribution in [0.15, 0.2) is 12.1 Å². The van der Waals surface area contributed by atoms with E-state index in [2.05, 4.69) is 15.5 Å². The summed E-state index contributed by atoms with van der Waals surface area (Å²) in [7, 11) is 0. The molecule has 0 aromatic carbocycles. The fourth-order valence-electron chi connectivity index (χ4n) is 0.942. The average Bonchev–Trinajstić information content (AvgIpc) is 2.18. The van der Waals surface area contributed by atoms with E-state index in [4.69, 9.17) is 5.73 Å². The molecule has 0 aliphatic rings. The van der Waals surface area contributed by atoms with Gasteiger partial charge in [-0.05, 0) is 32.9 Å². The summed E-state index contributed by atoms with van der Waals surface area (Å²) in [6, 6.07) is 3.39. The molecule has 5 nitrogen and oxygen atoms in total. The molecular formula is C10H16N4O. The van der Waals surface area contributed by atoms with Gasteiger partial charge in [0.15, 0.2) is 5.69 Å². The van der Waals surface area contributed by atoms with E-state index in [1.54, 1.807) is 12.1 Å². The van der Waals surface area contributed by atoms with E-state index in [-0.39, 0.29) is 5.91 Å². The van der Waals surface area contributed by atoms with Gasteiger partial charge in [-0.15, -0.1) is 5.10 Å². The molecular weight excluding hydrogens is 192 g/mol. The Hall–Kier alpha value is -1.49. The number of aromatic nitrogens is 2. The van der Waals surface area contributed by atoms with Gasteiger partial charge in [0.2, 0.25) is 0 Å². The minimum absolute atomic E-state index is 0.252. The SMILES string of the molecule is Cc1ccc(C(=O)NC(C)(C)CN)nn1. The Morgan fingerprint density at radius 1 is 1.47 bits per heavy atom. The predicted molar refractivity (Wildman–Crippen MR) is 57.4 cm³/mol. The summed E-state index contributed by atoms with van der Waals surface area (Å²) < 4.78 is 0. The normalized spacial score (nSPS) is 11.2. The molecule has 1 heterocycles. The predicted octanol–water partition coefficient (Wildman–Crippen LogP) is 0.252. The van der Waals surface area contributed by atoms with Crippen LogP contribution >= 0.6 is 0 Å². The van der Waals surface area contributed by atoms with Crippen LogP contribution in [-0.2, 0) is 0 Å². The van der Waals surface area contributed by atoms with Crippen molar-refractivity contribution >= 4 is 5.91 Å². The maximum absolute atomic E-state index is 11.7. The van der Waals surface area contributed by atoms with E-state index in [1.807, 2.05) is 20.8 Å². The number of nitrogens with zero attached hydrogens (tertiary/aromatic N) is 2. The van der Waals surface area contributed by atoms with Crippen molar-refractivity contribution in [3.05, 3.63) is 23.5 Å². The summed E-state index contributed by atoms with van der Waals surface area (Å²) in [6.07, 6.45) is 0. The van der Waals surface area contributed by atoms with Crippen LogP contribution in [0.3, 0.4) is 0 Å². The number of carbonyl (C=O) groups excluding carboxylic acids is 1. The fourth-order valence-corrected chi connectivity index (χ4v) is 0.942. The van der Waals surface area contributed by atoms with Gasteiger partial charge in [-0.3, -0.25) is 4.79 Å². The zero-order chi connectivity index (χ0) is 11.5. The molecule has 0 bridgehead atoms. The Labute approximate surface area is 89.1 Å². The molecule has 5 heteroatoms. The smallest absolute Gasteiger partial charge is 0.272 e. The quantitative estimate of drug-likeness (QED) is 0.746. The maximum Gasteiger partial charge on any atom is 0.272 e. The standard InChI is InChI=1S/C10H16N4O/c1-7-4-5-8(14-13-7)9(15)12-10(2,3)6-11/h4-5H,6,11H2,1-3H3,(H,12,15). The third-order valence-corrected chi connectivity index (χ3v) is 1.99. The number of amides is 1. The summed E-state index contributed by atoms with van der Waals surface area (Å²) in [5.41, 5.74) is 6.17. The lowest BCUT2D eigenvalue weighted by molar-refractivity contribution is 0.0909. The van der Waals surface area contributed by atoms with Gasteiger partial charge in [0.25, 0.3) is 5.91 Å². The van der Waals surface area contributed by atoms with Crippen LogP contribution in [0.25, 0.3) is 0 Å². The number of rotatable bonds is 3. The molecule has 0 saturated heterocycles. The number of nitrogens with one attached hydrogen (secondary N) is 1. The lowest BCUT2D eigenvalue weighted by atomic mass is 10.1. The minimum Gasteiger partial charge on any atom is -0.344 e.